The molecule has 0 N–H and O–H groups in total. The number of fused-ring (bicyclic) bond motifs is 1. The largest absolute Gasteiger partial charge is 0.314 e. The molecule has 3 aromatic rings. The molecule has 0 saturated heterocycles. The first kappa shape index (κ1) is 9.16. The lowest BCUT2D eigenvalue weighted by atomic mass is 10.2. The van der Waals surface area contributed by atoms with E-state index in [2.05, 4.69) is 0 Å². The Labute approximate surface area is 92.8 Å². The molecule has 2 heteroatoms. The molecular formula is C14H10FN. The number of halogens is 1. The maximum absolute atomic E-state index is 13.7. The van der Waals surface area contributed by atoms with E-state index in [9.17, 15) is 4.39 Å². The van der Waals surface area contributed by atoms with Crippen molar-refractivity contribution in [3.05, 3.63) is 66.6 Å². The molecule has 0 fully saturated rings. The standard InChI is InChI=1S/C14H10FN/c15-13-10-16(11-6-2-1-3-7-11)14-9-5-4-8-12(13)14/h1-10H. The molecule has 0 unspecified atom stereocenters. The summed E-state index contributed by atoms with van der Waals surface area (Å²) >= 11 is 0. The van der Waals surface area contributed by atoms with Gasteiger partial charge in [0.15, 0.2) is 0 Å². The van der Waals surface area contributed by atoms with Crippen LogP contribution in [0.2, 0.25) is 0 Å². The number of aromatic nitrogens is 1. The summed E-state index contributed by atoms with van der Waals surface area (Å²) in [6.45, 7) is 0. The maximum Gasteiger partial charge on any atom is 0.149 e. The van der Waals surface area contributed by atoms with Gasteiger partial charge in [0.1, 0.15) is 5.82 Å². The Balaban J connectivity index is 2.33. The van der Waals surface area contributed by atoms with Crippen LogP contribution in [0.3, 0.4) is 0 Å². The van der Waals surface area contributed by atoms with Crippen molar-refractivity contribution < 1.29 is 4.39 Å². The molecule has 0 aliphatic rings. The SMILES string of the molecule is Fc1cn(-c2ccccc2)c2ccccc12. The smallest absolute Gasteiger partial charge is 0.149 e. The van der Waals surface area contributed by atoms with Crippen molar-refractivity contribution >= 4 is 10.9 Å². The van der Waals surface area contributed by atoms with Gasteiger partial charge in [0.25, 0.3) is 0 Å². The highest BCUT2D eigenvalue weighted by Crippen LogP contribution is 2.23. The van der Waals surface area contributed by atoms with Crippen LogP contribution in [-0.2, 0) is 0 Å². The van der Waals surface area contributed by atoms with Crippen LogP contribution in [0.4, 0.5) is 4.39 Å². The lowest BCUT2D eigenvalue weighted by Crippen LogP contribution is -1.90. The molecule has 0 atom stereocenters. The van der Waals surface area contributed by atoms with Gasteiger partial charge in [0, 0.05) is 17.3 Å². The van der Waals surface area contributed by atoms with Crippen LogP contribution in [-0.4, -0.2) is 4.57 Å². The fraction of sp³-hybridized carbons (Fsp3) is 0. The maximum atomic E-state index is 13.7. The van der Waals surface area contributed by atoms with Gasteiger partial charge in [-0.05, 0) is 24.3 Å². The first-order chi connectivity index (χ1) is 7.86. The number of nitrogens with zero attached hydrogens (tertiary/aromatic N) is 1. The lowest BCUT2D eigenvalue weighted by Gasteiger charge is -2.03. The Morgan fingerprint density at radius 3 is 2.31 bits per heavy atom. The molecule has 0 amide bonds. The van der Waals surface area contributed by atoms with E-state index in [4.69, 9.17) is 0 Å². The van der Waals surface area contributed by atoms with E-state index in [0.717, 1.165) is 11.2 Å². The monoisotopic (exact) mass is 211 g/mol. The fourth-order valence-electron chi connectivity index (χ4n) is 1.94. The summed E-state index contributed by atoms with van der Waals surface area (Å²) in [5, 5.41) is 0.659. The molecule has 0 aliphatic heterocycles. The molecule has 0 radical (unpaired) electrons. The van der Waals surface area contributed by atoms with Gasteiger partial charge in [-0.15, -0.1) is 0 Å². The van der Waals surface area contributed by atoms with Gasteiger partial charge in [-0.3, -0.25) is 0 Å². The third-order valence-electron chi connectivity index (χ3n) is 2.70. The van der Waals surface area contributed by atoms with Gasteiger partial charge < -0.3 is 4.57 Å². The van der Waals surface area contributed by atoms with E-state index in [1.807, 2.05) is 53.1 Å². The number of benzene rings is 2. The Morgan fingerprint density at radius 2 is 1.50 bits per heavy atom. The molecule has 1 heterocycles. The van der Waals surface area contributed by atoms with Crippen molar-refractivity contribution in [3.8, 4) is 5.69 Å². The Kier molecular flexibility index (Phi) is 2.00. The number of rotatable bonds is 1. The molecule has 0 bridgehead atoms. The molecule has 0 saturated carbocycles. The summed E-state index contributed by atoms with van der Waals surface area (Å²) in [6, 6.07) is 17.3. The summed E-state index contributed by atoms with van der Waals surface area (Å²) in [7, 11) is 0. The van der Waals surface area contributed by atoms with E-state index < -0.39 is 0 Å². The van der Waals surface area contributed by atoms with E-state index in [-0.39, 0.29) is 5.82 Å². The summed E-state index contributed by atoms with van der Waals surface area (Å²) in [6.07, 6.45) is 1.53. The summed E-state index contributed by atoms with van der Waals surface area (Å²) in [5.41, 5.74) is 1.87. The average molecular weight is 211 g/mol. The Bertz CT molecular complexity index is 626. The molecule has 78 valence electrons. The van der Waals surface area contributed by atoms with Crippen LogP contribution < -0.4 is 0 Å². The van der Waals surface area contributed by atoms with Gasteiger partial charge in [-0.2, -0.15) is 0 Å². The summed E-state index contributed by atoms with van der Waals surface area (Å²) in [5.74, 6) is -0.181. The minimum absolute atomic E-state index is 0.181. The second-order valence-electron chi connectivity index (χ2n) is 3.70. The van der Waals surface area contributed by atoms with Crippen molar-refractivity contribution in [2.75, 3.05) is 0 Å². The Morgan fingerprint density at radius 1 is 0.812 bits per heavy atom. The second-order valence-corrected chi connectivity index (χ2v) is 3.70. The molecule has 2 aromatic carbocycles. The minimum atomic E-state index is -0.181. The lowest BCUT2D eigenvalue weighted by molar-refractivity contribution is 0.636. The molecule has 3 rings (SSSR count). The van der Waals surface area contributed by atoms with Crippen LogP contribution in [0.15, 0.2) is 60.8 Å². The first-order valence-electron chi connectivity index (χ1n) is 5.17. The van der Waals surface area contributed by atoms with Gasteiger partial charge in [-0.25, -0.2) is 4.39 Å². The quantitative estimate of drug-likeness (QED) is 0.577. The Hall–Kier alpha value is -2.09. The molecule has 0 spiro atoms. The van der Waals surface area contributed by atoms with E-state index in [1.54, 1.807) is 6.07 Å². The number of para-hydroxylation sites is 2. The molecule has 0 aliphatic carbocycles. The van der Waals surface area contributed by atoms with Gasteiger partial charge >= 0.3 is 0 Å². The van der Waals surface area contributed by atoms with Gasteiger partial charge in [-0.1, -0.05) is 30.3 Å². The zero-order chi connectivity index (χ0) is 11.0. The zero-order valence-electron chi connectivity index (χ0n) is 8.60. The first-order valence-corrected chi connectivity index (χ1v) is 5.17. The predicted octanol–water partition coefficient (Wildman–Crippen LogP) is 3.77. The predicted molar refractivity (Wildman–Crippen MR) is 63.2 cm³/mol. The fourth-order valence-corrected chi connectivity index (χ4v) is 1.94. The van der Waals surface area contributed by atoms with Crippen molar-refractivity contribution in [3.63, 3.8) is 0 Å². The molecular weight excluding hydrogens is 201 g/mol. The topological polar surface area (TPSA) is 4.93 Å². The highest BCUT2D eigenvalue weighted by atomic mass is 19.1. The average Bonchev–Trinajstić information content (AvgIpc) is 2.69. The van der Waals surface area contributed by atoms with Crippen molar-refractivity contribution in [2.24, 2.45) is 0 Å². The highest BCUT2D eigenvalue weighted by molar-refractivity contribution is 5.82. The highest BCUT2D eigenvalue weighted by Gasteiger charge is 2.07. The van der Waals surface area contributed by atoms with Crippen LogP contribution in [0.1, 0.15) is 0 Å². The minimum Gasteiger partial charge on any atom is -0.314 e. The van der Waals surface area contributed by atoms with Crippen LogP contribution in [0.5, 0.6) is 0 Å². The number of hydrogen-bond donors (Lipinski definition) is 0. The summed E-state index contributed by atoms with van der Waals surface area (Å²) in [4.78, 5) is 0. The van der Waals surface area contributed by atoms with Crippen LogP contribution >= 0.6 is 0 Å². The number of hydrogen-bond acceptors (Lipinski definition) is 0. The molecule has 16 heavy (non-hydrogen) atoms. The third-order valence-corrected chi connectivity index (χ3v) is 2.70. The molecule has 1 nitrogen and oxygen atoms in total. The van der Waals surface area contributed by atoms with Crippen LogP contribution in [0.25, 0.3) is 16.6 Å². The second kappa shape index (κ2) is 3.49. The van der Waals surface area contributed by atoms with Crippen molar-refractivity contribution in [2.45, 2.75) is 0 Å². The summed E-state index contributed by atoms with van der Waals surface area (Å²) < 4.78 is 15.5. The molecule has 1 aromatic heterocycles. The van der Waals surface area contributed by atoms with Crippen LogP contribution in [0, 0.1) is 5.82 Å². The van der Waals surface area contributed by atoms with E-state index in [1.165, 1.54) is 6.20 Å². The van der Waals surface area contributed by atoms with E-state index >= 15 is 0 Å². The van der Waals surface area contributed by atoms with Gasteiger partial charge in [0.2, 0.25) is 0 Å². The van der Waals surface area contributed by atoms with Crippen molar-refractivity contribution in [1.29, 1.82) is 0 Å². The van der Waals surface area contributed by atoms with Crippen molar-refractivity contribution in [1.82, 2.24) is 4.57 Å². The third kappa shape index (κ3) is 1.31. The van der Waals surface area contributed by atoms with E-state index in [0.29, 0.717) is 5.39 Å². The normalized spacial score (nSPS) is 10.8. The zero-order valence-corrected chi connectivity index (χ0v) is 8.60. The van der Waals surface area contributed by atoms with Gasteiger partial charge in [0.05, 0.1) is 5.52 Å².